The van der Waals surface area contributed by atoms with Gasteiger partial charge in [0.25, 0.3) is 0 Å². The SMILES string of the molecule is NC(C1CCCC1)C1CC2CC2C1. The lowest BCUT2D eigenvalue weighted by Crippen LogP contribution is -2.35. The van der Waals surface area contributed by atoms with E-state index in [0.717, 1.165) is 23.7 Å². The van der Waals surface area contributed by atoms with Gasteiger partial charge in [-0.2, -0.15) is 0 Å². The van der Waals surface area contributed by atoms with Gasteiger partial charge in [0.1, 0.15) is 0 Å². The highest BCUT2D eigenvalue weighted by Gasteiger charge is 2.48. The van der Waals surface area contributed by atoms with Crippen molar-refractivity contribution in [3.8, 4) is 0 Å². The predicted molar refractivity (Wildman–Crippen MR) is 54.3 cm³/mol. The maximum Gasteiger partial charge on any atom is 0.00958 e. The summed E-state index contributed by atoms with van der Waals surface area (Å²) in [6.07, 6.45) is 10.2. The van der Waals surface area contributed by atoms with Gasteiger partial charge < -0.3 is 5.73 Å². The Morgan fingerprint density at radius 1 is 0.846 bits per heavy atom. The Morgan fingerprint density at radius 3 is 2.08 bits per heavy atom. The van der Waals surface area contributed by atoms with E-state index in [1.54, 1.807) is 0 Å². The highest BCUT2D eigenvalue weighted by molar-refractivity contribution is 5.00. The average Bonchev–Trinajstić information content (AvgIpc) is 2.63. The summed E-state index contributed by atoms with van der Waals surface area (Å²) in [5.41, 5.74) is 6.37. The number of rotatable bonds is 2. The molecule has 0 saturated heterocycles. The zero-order valence-corrected chi connectivity index (χ0v) is 8.41. The molecule has 3 aliphatic carbocycles. The van der Waals surface area contributed by atoms with Gasteiger partial charge in [-0.15, -0.1) is 0 Å². The molecule has 0 bridgehead atoms. The summed E-state index contributed by atoms with van der Waals surface area (Å²) in [5.74, 6) is 4.02. The summed E-state index contributed by atoms with van der Waals surface area (Å²) in [5, 5.41) is 0. The lowest BCUT2D eigenvalue weighted by atomic mass is 9.85. The Hall–Kier alpha value is -0.0400. The van der Waals surface area contributed by atoms with Gasteiger partial charge >= 0.3 is 0 Å². The molecule has 74 valence electrons. The maximum atomic E-state index is 6.37. The molecule has 0 aromatic carbocycles. The Balaban J connectivity index is 1.58. The van der Waals surface area contributed by atoms with E-state index in [9.17, 15) is 0 Å². The minimum absolute atomic E-state index is 0.565. The summed E-state index contributed by atoms with van der Waals surface area (Å²) in [6, 6.07) is 0.565. The maximum absolute atomic E-state index is 6.37. The van der Waals surface area contributed by atoms with Crippen LogP contribution in [0.3, 0.4) is 0 Å². The minimum atomic E-state index is 0.565. The minimum Gasteiger partial charge on any atom is -0.327 e. The van der Waals surface area contributed by atoms with Crippen molar-refractivity contribution < 1.29 is 0 Å². The van der Waals surface area contributed by atoms with Crippen LogP contribution in [0.4, 0.5) is 0 Å². The first kappa shape index (κ1) is 8.28. The molecule has 3 saturated carbocycles. The first-order valence-electron chi connectivity index (χ1n) is 6.10. The zero-order valence-electron chi connectivity index (χ0n) is 8.41. The third kappa shape index (κ3) is 1.41. The van der Waals surface area contributed by atoms with E-state index >= 15 is 0 Å². The van der Waals surface area contributed by atoms with Gasteiger partial charge in [-0.1, -0.05) is 12.8 Å². The molecular formula is C12H21N. The molecule has 1 nitrogen and oxygen atoms in total. The predicted octanol–water partition coefficient (Wildman–Crippen LogP) is 2.55. The quantitative estimate of drug-likeness (QED) is 0.692. The molecule has 0 aromatic heterocycles. The van der Waals surface area contributed by atoms with Crippen LogP contribution < -0.4 is 5.73 Å². The van der Waals surface area contributed by atoms with E-state index in [2.05, 4.69) is 0 Å². The fourth-order valence-corrected chi connectivity index (χ4v) is 3.80. The molecule has 3 atom stereocenters. The largest absolute Gasteiger partial charge is 0.327 e. The van der Waals surface area contributed by atoms with E-state index in [1.807, 2.05) is 0 Å². The van der Waals surface area contributed by atoms with Crippen molar-refractivity contribution in [1.29, 1.82) is 0 Å². The molecule has 0 heterocycles. The molecule has 0 aromatic rings. The third-order valence-electron chi connectivity index (χ3n) is 4.77. The average molecular weight is 179 g/mol. The van der Waals surface area contributed by atoms with E-state index in [4.69, 9.17) is 5.73 Å². The standard InChI is InChI=1S/C12H21N/c13-12(8-3-1-2-4-8)11-6-9-5-10(9)7-11/h8-12H,1-7,13H2. The summed E-state index contributed by atoms with van der Waals surface area (Å²) in [6.45, 7) is 0. The molecule has 3 rings (SSSR count). The molecule has 2 N–H and O–H groups in total. The van der Waals surface area contributed by atoms with Gasteiger partial charge in [0.2, 0.25) is 0 Å². The molecule has 0 radical (unpaired) electrons. The third-order valence-corrected chi connectivity index (χ3v) is 4.77. The summed E-state index contributed by atoms with van der Waals surface area (Å²) in [7, 11) is 0. The van der Waals surface area contributed by atoms with Crippen LogP contribution in [0.25, 0.3) is 0 Å². The lowest BCUT2D eigenvalue weighted by Gasteiger charge is -2.26. The summed E-state index contributed by atoms with van der Waals surface area (Å²) in [4.78, 5) is 0. The van der Waals surface area contributed by atoms with Crippen molar-refractivity contribution in [3.05, 3.63) is 0 Å². The van der Waals surface area contributed by atoms with Crippen molar-refractivity contribution >= 4 is 0 Å². The second-order valence-corrected chi connectivity index (χ2v) is 5.61. The second kappa shape index (κ2) is 2.98. The lowest BCUT2D eigenvalue weighted by molar-refractivity contribution is 0.298. The number of hydrogen-bond donors (Lipinski definition) is 1. The second-order valence-electron chi connectivity index (χ2n) is 5.61. The smallest absolute Gasteiger partial charge is 0.00958 e. The van der Waals surface area contributed by atoms with E-state index < -0.39 is 0 Å². The Bertz CT molecular complexity index is 185. The molecule has 3 fully saturated rings. The van der Waals surface area contributed by atoms with Crippen LogP contribution in [0.1, 0.15) is 44.9 Å². The fraction of sp³-hybridized carbons (Fsp3) is 1.00. The van der Waals surface area contributed by atoms with Gasteiger partial charge in [0, 0.05) is 6.04 Å². The van der Waals surface area contributed by atoms with Crippen molar-refractivity contribution in [3.63, 3.8) is 0 Å². The topological polar surface area (TPSA) is 26.0 Å². The molecule has 0 amide bonds. The Labute approximate surface area is 81.1 Å². The van der Waals surface area contributed by atoms with Crippen molar-refractivity contribution in [2.45, 2.75) is 51.0 Å². The molecule has 13 heavy (non-hydrogen) atoms. The highest BCUT2D eigenvalue weighted by Crippen LogP contribution is 2.55. The van der Waals surface area contributed by atoms with Gasteiger partial charge in [0.15, 0.2) is 0 Å². The van der Waals surface area contributed by atoms with Crippen molar-refractivity contribution in [2.24, 2.45) is 29.4 Å². The summed E-state index contributed by atoms with van der Waals surface area (Å²) < 4.78 is 0. The summed E-state index contributed by atoms with van der Waals surface area (Å²) >= 11 is 0. The van der Waals surface area contributed by atoms with Crippen molar-refractivity contribution in [2.75, 3.05) is 0 Å². The van der Waals surface area contributed by atoms with Crippen LogP contribution in [0.15, 0.2) is 0 Å². The van der Waals surface area contributed by atoms with Crippen LogP contribution in [0.2, 0.25) is 0 Å². The molecule has 3 unspecified atom stereocenters. The van der Waals surface area contributed by atoms with Gasteiger partial charge in [-0.05, 0) is 55.8 Å². The zero-order chi connectivity index (χ0) is 8.84. The fourth-order valence-electron chi connectivity index (χ4n) is 3.80. The molecular weight excluding hydrogens is 158 g/mol. The molecule has 0 spiro atoms. The van der Waals surface area contributed by atoms with E-state index in [-0.39, 0.29) is 0 Å². The molecule has 1 heteroatoms. The van der Waals surface area contributed by atoms with Gasteiger partial charge in [-0.3, -0.25) is 0 Å². The van der Waals surface area contributed by atoms with Gasteiger partial charge in [-0.25, -0.2) is 0 Å². The van der Waals surface area contributed by atoms with E-state index in [1.165, 1.54) is 44.9 Å². The number of hydrogen-bond acceptors (Lipinski definition) is 1. The van der Waals surface area contributed by atoms with Gasteiger partial charge in [0.05, 0.1) is 0 Å². The Kier molecular flexibility index (Phi) is 1.90. The Morgan fingerprint density at radius 2 is 1.46 bits per heavy atom. The first-order valence-corrected chi connectivity index (χ1v) is 6.10. The normalized spacial score (nSPS) is 46.4. The highest BCUT2D eigenvalue weighted by atomic mass is 14.7. The molecule has 0 aliphatic heterocycles. The van der Waals surface area contributed by atoms with Crippen molar-refractivity contribution in [1.82, 2.24) is 0 Å². The number of fused-ring (bicyclic) bond motifs is 1. The van der Waals surface area contributed by atoms with Crippen LogP contribution in [0, 0.1) is 23.7 Å². The van der Waals surface area contributed by atoms with Crippen LogP contribution in [-0.4, -0.2) is 6.04 Å². The van der Waals surface area contributed by atoms with E-state index in [0.29, 0.717) is 6.04 Å². The molecule has 3 aliphatic rings. The van der Waals surface area contributed by atoms with Crippen LogP contribution in [-0.2, 0) is 0 Å². The van der Waals surface area contributed by atoms with Crippen LogP contribution >= 0.6 is 0 Å². The number of nitrogens with two attached hydrogens (primary N) is 1. The first-order chi connectivity index (χ1) is 6.34. The van der Waals surface area contributed by atoms with Crippen LogP contribution in [0.5, 0.6) is 0 Å². The monoisotopic (exact) mass is 179 g/mol.